The molecule has 92 valence electrons. The number of rotatable bonds is 5. The molecule has 17 heavy (non-hydrogen) atoms. The van der Waals surface area contributed by atoms with Crippen molar-refractivity contribution < 1.29 is 5.11 Å². The van der Waals surface area contributed by atoms with Crippen molar-refractivity contribution in [3.8, 4) is 0 Å². The molecule has 0 aliphatic heterocycles. The fourth-order valence-electron chi connectivity index (χ4n) is 1.47. The number of hydrogen-bond donors (Lipinski definition) is 1. The number of likely N-dealkylation sites (N-methyl/N-ethyl adjacent to an activating group) is 1. The summed E-state index contributed by atoms with van der Waals surface area (Å²) < 4.78 is 0. The van der Waals surface area contributed by atoms with Crippen molar-refractivity contribution in [1.29, 1.82) is 0 Å². The number of aliphatic hydroxyl groups is 1. The van der Waals surface area contributed by atoms with Crippen molar-refractivity contribution in [3.63, 3.8) is 0 Å². The Kier molecular flexibility index (Phi) is 4.15. The smallest absolute Gasteiger partial charge is 0.185 e. The third-order valence-electron chi connectivity index (χ3n) is 2.54. The number of aliphatic hydroxyl groups excluding tert-OH is 1. The number of anilines is 1. The van der Waals surface area contributed by atoms with Crippen LogP contribution in [-0.2, 0) is 6.42 Å². The molecule has 1 unspecified atom stereocenters. The SMILES string of the molecule is CC(O)c1csc(N(C)CCc2cccs2)n1. The van der Waals surface area contributed by atoms with E-state index in [9.17, 15) is 5.11 Å². The molecule has 0 spiro atoms. The highest BCUT2D eigenvalue weighted by Gasteiger charge is 2.10. The highest BCUT2D eigenvalue weighted by atomic mass is 32.1. The maximum atomic E-state index is 9.43. The minimum atomic E-state index is -0.481. The molecule has 0 aliphatic rings. The summed E-state index contributed by atoms with van der Waals surface area (Å²) in [5, 5.41) is 14.4. The predicted octanol–water partition coefficient (Wildman–Crippen LogP) is 2.94. The van der Waals surface area contributed by atoms with Gasteiger partial charge in [-0.1, -0.05) is 6.07 Å². The van der Waals surface area contributed by atoms with Gasteiger partial charge in [0.25, 0.3) is 0 Å². The third-order valence-corrected chi connectivity index (χ3v) is 4.45. The summed E-state index contributed by atoms with van der Waals surface area (Å²) in [5.74, 6) is 0. The van der Waals surface area contributed by atoms with Gasteiger partial charge in [0.1, 0.15) is 0 Å². The molecule has 2 heterocycles. The van der Waals surface area contributed by atoms with Crippen LogP contribution in [-0.4, -0.2) is 23.7 Å². The van der Waals surface area contributed by atoms with Crippen LogP contribution in [0.1, 0.15) is 23.6 Å². The van der Waals surface area contributed by atoms with E-state index in [0.29, 0.717) is 0 Å². The van der Waals surface area contributed by atoms with Gasteiger partial charge in [-0.15, -0.1) is 22.7 Å². The van der Waals surface area contributed by atoms with E-state index >= 15 is 0 Å². The lowest BCUT2D eigenvalue weighted by atomic mass is 10.3. The van der Waals surface area contributed by atoms with Gasteiger partial charge in [-0.25, -0.2) is 4.98 Å². The van der Waals surface area contributed by atoms with Crippen LogP contribution >= 0.6 is 22.7 Å². The molecule has 2 aromatic rings. The first-order valence-corrected chi connectivity index (χ1v) is 7.30. The molecule has 5 heteroatoms. The predicted molar refractivity (Wildman–Crippen MR) is 74.0 cm³/mol. The lowest BCUT2D eigenvalue weighted by molar-refractivity contribution is 0.195. The standard InChI is InChI=1S/C12H16N2OS2/c1-9(15)11-8-17-12(13-11)14(2)6-5-10-4-3-7-16-10/h3-4,7-9,15H,5-6H2,1-2H3. The molecule has 1 N–H and O–H groups in total. The van der Waals surface area contributed by atoms with E-state index in [1.54, 1.807) is 29.6 Å². The van der Waals surface area contributed by atoms with Crippen LogP contribution in [0.3, 0.4) is 0 Å². The molecule has 0 aliphatic carbocycles. The molecule has 3 nitrogen and oxygen atoms in total. The van der Waals surface area contributed by atoms with Crippen LogP contribution in [0.2, 0.25) is 0 Å². The second-order valence-electron chi connectivity index (χ2n) is 3.98. The maximum absolute atomic E-state index is 9.43. The zero-order valence-electron chi connectivity index (χ0n) is 9.96. The van der Waals surface area contributed by atoms with E-state index in [-0.39, 0.29) is 0 Å². The Hall–Kier alpha value is -0.910. The molecule has 2 aromatic heterocycles. The van der Waals surface area contributed by atoms with Gasteiger partial charge in [-0.3, -0.25) is 0 Å². The molecule has 0 bridgehead atoms. The van der Waals surface area contributed by atoms with Gasteiger partial charge in [0.15, 0.2) is 5.13 Å². The average molecular weight is 268 g/mol. The van der Waals surface area contributed by atoms with Gasteiger partial charge < -0.3 is 10.0 Å². The Labute approximate surface area is 109 Å². The number of aromatic nitrogens is 1. The van der Waals surface area contributed by atoms with Crippen LogP contribution < -0.4 is 4.90 Å². The van der Waals surface area contributed by atoms with Crippen LogP contribution in [0.4, 0.5) is 5.13 Å². The molecular formula is C12H16N2OS2. The number of thiazole rings is 1. The van der Waals surface area contributed by atoms with E-state index in [4.69, 9.17) is 0 Å². The molecule has 0 radical (unpaired) electrons. The summed E-state index contributed by atoms with van der Waals surface area (Å²) in [6, 6.07) is 4.23. The largest absolute Gasteiger partial charge is 0.387 e. The van der Waals surface area contributed by atoms with Crippen molar-refractivity contribution in [3.05, 3.63) is 33.5 Å². The van der Waals surface area contributed by atoms with Crippen molar-refractivity contribution in [2.45, 2.75) is 19.4 Å². The topological polar surface area (TPSA) is 36.4 Å². The lowest BCUT2D eigenvalue weighted by Crippen LogP contribution is -2.19. The molecule has 0 saturated carbocycles. The van der Waals surface area contributed by atoms with Gasteiger partial charge in [0.2, 0.25) is 0 Å². The Bertz CT molecular complexity index is 451. The highest BCUT2D eigenvalue weighted by molar-refractivity contribution is 7.13. The lowest BCUT2D eigenvalue weighted by Gasteiger charge is -2.14. The first kappa shape index (κ1) is 12.5. The molecule has 0 fully saturated rings. The highest BCUT2D eigenvalue weighted by Crippen LogP contribution is 2.23. The third kappa shape index (κ3) is 3.28. The summed E-state index contributed by atoms with van der Waals surface area (Å²) in [5.41, 5.74) is 0.757. The Morgan fingerprint density at radius 2 is 2.29 bits per heavy atom. The van der Waals surface area contributed by atoms with E-state index in [2.05, 4.69) is 27.4 Å². The van der Waals surface area contributed by atoms with E-state index in [1.165, 1.54) is 4.88 Å². The van der Waals surface area contributed by atoms with Crippen LogP contribution in [0.15, 0.2) is 22.9 Å². The Morgan fingerprint density at radius 3 is 2.88 bits per heavy atom. The summed E-state index contributed by atoms with van der Waals surface area (Å²) >= 11 is 3.37. The minimum Gasteiger partial charge on any atom is -0.387 e. The molecule has 1 atom stereocenters. The number of thiophene rings is 1. The Balaban J connectivity index is 1.92. The van der Waals surface area contributed by atoms with Gasteiger partial charge in [-0.05, 0) is 24.8 Å². The van der Waals surface area contributed by atoms with E-state index < -0.39 is 6.10 Å². The zero-order chi connectivity index (χ0) is 12.3. The van der Waals surface area contributed by atoms with Crippen LogP contribution in [0, 0.1) is 0 Å². The minimum absolute atomic E-state index is 0.481. The number of nitrogens with zero attached hydrogens (tertiary/aromatic N) is 2. The second kappa shape index (κ2) is 5.62. The van der Waals surface area contributed by atoms with Gasteiger partial charge >= 0.3 is 0 Å². The molecule has 0 saturated heterocycles. The second-order valence-corrected chi connectivity index (χ2v) is 5.85. The van der Waals surface area contributed by atoms with Crippen LogP contribution in [0.5, 0.6) is 0 Å². The average Bonchev–Trinajstić information content (AvgIpc) is 2.96. The first-order chi connectivity index (χ1) is 8.16. The molecular weight excluding hydrogens is 252 g/mol. The molecule has 2 rings (SSSR count). The molecule has 0 amide bonds. The summed E-state index contributed by atoms with van der Waals surface area (Å²) in [7, 11) is 2.04. The maximum Gasteiger partial charge on any atom is 0.185 e. The van der Waals surface area contributed by atoms with Gasteiger partial charge in [0, 0.05) is 23.8 Å². The summed E-state index contributed by atoms with van der Waals surface area (Å²) in [4.78, 5) is 7.94. The fourth-order valence-corrected chi connectivity index (χ4v) is 3.08. The summed E-state index contributed by atoms with van der Waals surface area (Å²) in [6.07, 6.45) is 0.559. The van der Waals surface area contributed by atoms with E-state index in [1.807, 2.05) is 12.4 Å². The van der Waals surface area contributed by atoms with Gasteiger partial charge in [-0.2, -0.15) is 0 Å². The first-order valence-electron chi connectivity index (χ1n) is 5.54. The monoisotopic (exact) mass is 268 g/mol. The van der Waals surface area contributed by atoms with Crippen molar-refractivity contribution in [2.24, 2.45) is 0 Å². The van der Waals surface area contributed by atoms with Crippen molar-refractivity contribution in [1.82, 2.24) is 4.98 Å². The van der Waals surface area contributed by atoms with Crippen molar-refractivity contribution in [2.75, 3.05) is 18.5 Å². The van der Waals surface area contributed by atoms with Gasteiger partial charge in [0.05, 0.1) is 11.8 Å². The van der Waals surface area contributed by atoms with E-state index in [0.717, 1.165) is 23.8 Å². The number of hydrogen-bond acceptors (Lipinski definition) is 5. The fraction of sp³-hybridized carbons (Fsp3) is 0.417. The van der Waals surface area contributed by atoms with Crippen molar-refractivity contribution >= 4 is 27.8 Å². The quantitative estimate of drug-likeness (QED) is 0.905. The zero-order valence-corrected chi connectivity index (χ0v) is 11.6. The van der Waals surface area contributed by atoms with Crippen LogP contribution in [0.25, 0.3) is 0 Å². The Morgan fingerprint density at radius 1 is 1.47 bits per heavy atom. The normalized spacial score (nSPS) is 12.6. The summed E-state index contributed by atoms with van der Waals surface area (Å²) in [6.45, 7) is 2.69. The molecule has 0 aromatic carbocycles.